The highest BCUT2D eigenvalue weighted by molar-refractivity contribution is 6.10. The molecule has 7 nitrogen and oxygen atoms in total. The molecule has 1 aliphatic heterocycles. The maximum atomic E-state index is 13.2. The van der Waals surface area contributed by atoms with Gasteiger partial charge in [0.05, 0.1) is 11.9 Å². The van der Waals surface area contributed by atoms with Crippen LogP contribution < -0.4 is 0 Å². The number of carbonyl (C=O) groups excluding carboxylic acids is 2. The van der Waals surface area contributed by atoms with Crippen molar-refractivity contribution in [1.29, 1.82) is 5.41 Å². The van der Waals surface area contributed by atoms with E-state index in [0.717, 1.165) is 5.57 Å². The Labute approximate surface area is 181 Å². The molecule has 1 saturated heterocycles. The van der Waals surface area contributed by atoms with Crippen LogP contribution >= 0.6 is 0 Å². The molecule has 0 saturated carbocycles. The Morgan fingerprint density at radius 3 is 2.52 bits per heavy atom. The van der Waals surface area contributed by atoms with Crippen LogP contribution in [0.1, 0.15) is 49.6 Å². The fourth-order valence-electron chi connectivity index (χ4n) is 3.67. The molecule has 8 heteroatoms. The minimum absolute atomic E-state index is 0.0246. The molecular weight excluding hydrogens is 397 g/mol. The van der Waals surface area contributed by atoms with Gasteiger partial charge < -0.3 is 20.2 Å². The van der Waals surface area contributed by atoms with E-state index in [1.165, 1.54) is 18.3 Å². The molecule has 164 valence electrons. The second-order valence-corrected chi connectivity index (χ2v) is 8.56. The lowest BCUT2D eigenvalue weighted by Gasteiger charge is -2.44. The van der Waals surface area contributed by atoms with Crippen molar-refractivity contribution in [2.75, 3.05) is 20.1 Å². The van der Waals surface area contributed by atoms with Crippen LogP contribution in [0.2, 0.25) is 0 Å². The topological polar surface area (TPSA) is 93.2 Å². The number of likely N-dealkylation sites (N-methyl/N-ethyl adjacent to an activating group) is 1. The Kier molecular flexibility index (Phi) is 6.10. The second kappa shape index (κ2) is 8.45. The van der Waals surface area contributed by atoms with Crippen LogP contribution in [0.3, 0.4) is 0 Å². The number of nitrogens with one attached hydrogen (secondary N) is 2. The first-order valence-corrected chi connectivity index (χ1v) is 10.2. The van der Waals surface area contributed by atoms with Crippen molar-refractivity contribution in [3.8, 4) is 0 Å². The maximum absolute atomic E-state index is 13.2. The number of hydrogen-bond donors (Lipinski definition) is 2. The zero-order valence-corrected chi connectivity index (χ0v) is 18.5. The van der Waals surface area contributed by atoms with Gasteiger partial charge in [0, 0.05) is 20.1 Å². The largest absolute Gasteiger partial charge is 0.342 e. The van der Waals surface area contributed by atoms with Gasteiger partial charge in [-0.05, 0) is 61.2 Å². The Balaban J connectivity index is 1.88. The summed E-state index contributed by atoms with van der Waals surface area (Å²) in [6, 6.07) is 5.73. The number of allylic oxidation sites excluding steroid dienone is 2. The highest BCUT2D eigenvalue weighted by atomic mass is 19.1. The van der Waals surface area contributed by atoms with E-state index in [-0.39, 0.29) is 29.3 Å². The fraction of sp³-hybridized carbons (Fsp3) is 0.391. The Morgan fingerprint density at radius 1 is 1.26 bits per heavy atom. The van der Waals surface area contributed by atoms with Crippen LogP contribution in [0.4, 0.5) is 4.39 Å². The van der Waals surface area contributed by atoms with Gasteiger partial charge in [-0.3, -0.25) is 9.59 Å². The number of aromatic nitrogens is 2. The lowest BCUT2D eigenvalue weighted by atomic mass is 9.97. The molecule has 3 rings (SSSR count). The molecule has 0 aliphatic carbocycles. The van der Waals surface area contributed by atoms with E-state index in [9.17, 15) is 14.0 Å². The summed E-state index contributed by atoms with van der Waals surface area (Å²) in [7, 11) is 1.73. The van der Waals surface area contributed by atoms with Crippen molar-refractivity contribution in [2.24, 2.45) is 5.92 Å². The third kappa shape index (κ3) is 4.42. The van der Waals surface area contributed by atoms with Crippen LogP contribution in [0, 0.1) is 17.1 Å². The molecule has 1 fully saturated rings. The van der Waals surface area contributed by atoms with Gasteiger partial charge in [0.2, 0.25) is 5.91 Å². The third-order valence-corrected chi connectivity index (χ3v) is 5.61. The molecule has 31 heavy (non-hydrogen) atoms. The standard InChI is InChI=1S/C23H28FN5O2/c1-14(2)17(12-18(25)15-6-8-16(24)9-7-15)20-26-13-19(27-20)21(30)29-11-10-28(5)22(31)23(29,3)4/h6-9,12-14,25H,10-11H2,1-5H3,(H,26,27)/b17-12-,25-18?. The number of carbonyl (C=O) groups is 2. The van der Waals surface area contributed by atoms with E-state index < -0.39 is 5.54 Å². The molecule has 2 amide bonds. The number of aromatic amines is 1. The lowest BCUT2D eigenvalue weighted by molar-refractivity contribution is -0.144. The molecule has 2 heterocycles. The summed E-state index contributed by atoms with van der Waals surface area (Å²) >= 11 is 0. The average molecular weight is 426 g/mol. The van der Waals surface area contributed by atoms with Gasteiger partial charge in [0.15, 0.2) is 0 Å². The van der Waals surface area contributed by atoms with Crippen molar-refractivity contribution < 1.29 is 14.0 Å². The first-order valence-electron chi connectivity index (χ1n) is 10.2. The van der Waals surface area contributed by atoms with Gasteiger partial charge >= 0.3 is 0 Å². The fourth-order valence-corrected chi connectivity index (χ4v) is 3.67. The Bertz CT molecular complexity index is 1040. The number of amides is 2. The summed E-state index contributed by atoms with van der Waals surface area (Å²) in [4.78, 5) is 36.3. The summed E-state index contributed by atoms with van der Waals surface area (Å²) in [5.41, 5.74) is 0.901. The molecule has 0 spiro atoms. The number of hydrogen-bond acceptors (Lipinski definition) is 4. The van der Waals surface area contributed by atoms with E-state index in [1.807, 2.05) is 13.8 Å². The number of benzene rings is 1. The number of piperazine rings is 1. The number of imidazole rings is 1. The normalized spacial score (nSPS) is 16.7. The predicted octanol–water partition coefficient (Wildman–Crippen LogP) is 3.35. The summed E-state index contributed by atoms with van der Waals surface area (Å²) in [6.45, 7) is 8.32. The molecule has 0 unspecified atom stereocenters. The van der Waals surface area contributed by atoms with Crippen molar-refractivity contribution in [3.63, 3.8) is 0 Å². The monoisotopic (exact) mass is 425 g/mol. The van der Waals surface area contributed by atoms with Crippen LogP contribution in [-0.2, 0) is 4.79 Å². The molecule has 0 bridgehead atoms. The number of halogens is 1. The molecular formula is C23H28FN5O2. The molecule has 1 aliphatic rings. The first kappa shape index (κ1) is 22.4. The van der Waals surface area contributed by atoms with E-state index in [2.05, 4.69) is 9.97 Å². The first-order chi connectivity index (χ1) is 14.5. The highest BCUT2D eigenvalue weighted by Crippen LogP contribution is 2.26. The van der Waals surface area contributed by atoms with E-state index in [4.69, 9.17) is 5.41 Å². The molecule has 2 aromatic rings. The van der Waals surface area contributed by atoms with Crippen molar-refractivity contribution in [2.45, 2.75) is 33.2 Å². The second-order valence-electron chi connectivity index (χ2n) is 8.56. The lowest BCUT2D eigenvalue weighted by Crippen LogP contribution is -2.63. The van der Waals surface area contributed by atoms with Crippen LogP contribution in [0.15, 0.2) is 36.5 Å². The summed E-state index contributed by atoms with van der Waals surface area (Å²) in [6.07, 6.45) is 3.14. The van der Waals surface area contributed by atoms with Crippen LogP contribution in [0.25, 0.3) is 5.57 Å². The number of rotatable bonds is 5. The Hall–Kier alpha value is -3.29. The molecule has 0 atom stereocenters. The van der Waals surface area contributed by atoms with Crippen molar-refractivity contribution in [3.05, 3.63) is 59.4 Å². The average Bonchev–Trinajstić information content (AvgIpc) is 3.20. The minimum Gasteiger partial charge on any atom is -0.342 e. The van der Waals surface area contributed by atoms with E-state index >= 15 is 0 Å². The van der Waals surface area contributed by atoms with E-state index in [1.54, 1.807) is 48.9 Å². The van der Waals surface area contributed by atoms with E-state index in [0.29, 0.717) is 30.2 Å². The quantitative estimate of drug-likeness (QED) is 0.720. The molecule has 0 radical (unpaired) electrons. The number of nitrogens with zero attached hydrogens (tertiary/aromatic N) is 3. The highest BCUT2D eigenvalue weighted by Gasteiger charge is 2.43. The van der Waals surface area contributed by atoms with Gasteiger partial charge in [-0.15, -0.1) is 0 Å². The molecule has 2 N–H and O–H groups in total. The van der Waals surface area contributed by atoms with Crippen LogP contribution in [-0.4, -0.2) is 63.0 Å². The van der Waals surface area contributed by atoms with Crippen LogP contribution in [0.5, 0.6) is 0 Å². The maximum Gasteiger partial charge on any atom is 0.272 e. The minimum atomic E-state index is -0.948. The van der Waals surface area contributed by atoms with Gasteiger partial charge in [-0.25, -0.2) is 9.37 Å². The zero-order valence-electron chi connectivity index (χ0n) is 18.5. The van der Waals surface area contributed by atoms with Gasteiger partial charge in [0.25, 0.3) is 5.91 Å². The summed E-state index contributed by atoms with van der Waals surface area (Å²) in [5, 5.41) is 8.36. The van der Waals surface area contributed by atoms with Gasteiger partial charge in [-0.2, -0.15) is 0 Å². The molecule has 1 aromatic carbocycles. The van der Waals surface area contributed by atoms with Gasteiger partial charge in [-0.1, -0.05) is 13.8 Å². The third-order valence-electron chi connectivity index (χ3n) is 5.61. The molecule has 1 aromatic heterocycles. The Morgan fingerprint density at radius 2 is 1.90 bits per heavy atom. The van der Waals surface area contributed by atoms with Gasteiger partial charge in [0.1, 0.15) is 22.9 Å². The zero-order chi connectivity index (χ0) is 22.9. The summed E-state index contributed by atoms with van der Waals surface area (Å²) in [5.74, 6) is -0.242. The smallest absolute Gasteiger partial charge is 0.272 e. The van der Waals surface area contributed by atoms with Crippen molar-refractivity contribution in [1.82, 2.24) is 19.8 Å². The van der Waals surface area contributed by atoms with Crippen molar-refractivity contribution >= 4 is 23.1 Å². The number of H-pyrrole nitrogens is 1. The predicted molar refractivity (Wildman–Crippen MR) is 117 cm³/mol. The SMILES string of the molecule is CC(C)/C(=C/C(=N)c1ccc(F)cc1)c1ncc(C(=O)N2CCN(C)C(=O)C2(C)C)[nH]1. The summed E-state index contributed by atoms with van der Waals surface area (Å²) < 4.78 is 13.2.